The van der Waals surface area contributed by atoms with Gasteiger partial charge in [-0.05, 0) is 56.4 Å². The average molecular weight is 360 g/mol. The Morgan fingerprint density at radius 3 is 2.48 bits per heavy atom. The van der Waals surface area contributed by atoms with E-state index in [1.165, 1.54) is 12.1 Å². The van der Waals surface area contributed by atoms with Gasteiger partial charge in [-0.3, -0.25) is 0 Å². The van der Waals surface area contributed by atoms with Gasteiger partial charge in [0.15, 0.2) is 9.84 Å². The van der Waals surface area contributed by atoms with E-state index >= 15 is 0 Å². The Morgan fingerprint density at radius 2 is 1.80 bits per heavy atom. The van der Waals surface area contributed by atoms with Crippen molar-refractivity contribution in [2.45, 2.75) is 17.2 Å². The molecule has 0 amide bonds. The normalized spacial score (nSPS) is 12.2. The van der Waals surface area contributed by atoms with Crippen molar-refractivity contribution >= 4 is 20.7 Å². The van der Waals surface area contributed by atoms with Crippen molar-refractivity contribution < 1.29 is 12.8 Å². The van der Waals surface area contributed by atoms with Crippen LogP contribution in [0.4, 0.5) is 4.39 Å². The molecular weight excluding hydrogens is 339 g/mol. The van der Waals surface area contributed by atoms with Crippen molar-refractivity contribution in [1.82, 2.24) is 9.47 Å². The Labute approximate surface area is 147 Å². The molecule has 0 saturated heterocycles. The van der Waals surface area contributed by atoms with Crippen LogP contribution >= 0.6 is 0 Å². The summed E-state index contributed by atoms with van der Waals surface area (Å²) in [6, 6.07) is 12.9. The van der Waals surface area contributed by atoms with Gasteiger partial charge in [0.05, 0.1) is 4.90 Å². The summed E-state index contributed by atoms with van der Waals surface area (Å²) in [5.74, 6) is -0.483. The predicted octanol–water partition coefficient (Wildman–Crippen LogP) is 3.32. The maximum atomic E-state index is 13.7. The molecule has 0 aliphatic heterocycles. The monoisotopic (exact) mass is 360 g/mol. The van der Waals surface area contributed by atoms with E-state index in [0.717, 1.165) is 29.4 Å². The summed E-state index contributed by atoms with van der Waals surface area (Å²) in [5, 5.41) is 0.769. The van der Waals surface area contributed by atoms with Crippen LogP contribution < -0.4 is 0 Å². The van der Waals surface area contributed by atoms with Crippen LogP contribution in [-0.2, 0) is 22.1 Å². The predicted molar refractivity (Wildman–Crippen MR) is 97.8 cm³/mol. The highest BCUT2D eigenvalue weighted by atomic mass is 32.2. The van der Waals surface area contributed by atoms with Crippen LogP contribution in [0, 0.1) is 5.82 Å². The fourth-order valence-corrected chi connectivity index (χ4v) is 4.18. The number of hydrogen-bond acceptors (Lipinski definition) is 3. The second kappa shape index (κ2) is 6.98. The van der Waals surface area contributed by atoms with Gasteiger partial charge in [0.25, 0.3) is 0 Å². The van der Waals surface area contributed by atoms with Gasteiger partial charge >= 0.3 is 0 Å². The van der Waals surface area contributed by atoms with Gasteiger partial charge in [-0.1, -0.05) is 18.2 Å². The number of benzene rings is 2. The summed E-state index contributed by atoms with van der Waals surface area (Å²) in [5.41, 5.74) is 1.68. The first-order chi connectivity index (χ1) is 11.9. The van der Waals surface area contributed by atoms with Gasteiger partial charge < -0.3 is 9.47 Å². The Morgan fingerprint density at radius 1 is 1.08 bits per heavy atom. The van der Waals surface area contributed by atoms with Gasteiger partial charge in [-0.15, -0.1) is 0 Å². The zero-order chi connectivity index (χ0) is 18.0. The van der Waals surface area contributed by atoms with Crippen LogP contribution in [-0.4, -0.2) is 38.5 Å². The van der Waals surface area contributed by atoms with Crippen LogP contribution in [0.15, 0.2) is 59.6 Å². The van der Waals surface area contributed by atoms with E-state index < -0.39 is 9.84 Å². The zero-order valence-corrected chi connectivity index (χ0v) is 15.1. The number of sulfone groups is 1. The summed E-state index contributed by atoms with van der Waals surface area (Å²) in [7, 11) is 0.470. The lowest BCUT2D eigenvalue weighted by atomic mass is 10.1. The van der Waals surface area contributed by atoms with Crippen LogP contribution in [0.3, 0.4) is 0 Å². The SMILES string of the molecule is CN(C)CCc1cn(CS(=O)(=O)c2ccccc2)c2ccc(F)cc12. The fraction of sp³-hybridized carbons (Fsp3) is 0.263. The molecule has 1 aromatic heterocycles. The first-order valence-corrected chi connectivity index (χ1v) is 9.72. The number of hydrogen-bond donors (Lipinski definition) is 0. The molecule has 0 N–H and O–H groups in total. The molecule has 3 rings (SSSR count). The van der Waals surface area contributed by atoms with Gasteiger partial charge in [-0.25, -0.2) is 12.8 Å². The van der Waals surface area contributed by atoms with Crippen molar-refractivity contribution in [3.05, 3.63) is 66.1 Å². The van der Waals surface area contributed by atoms with E-state index in [1.807, 2.05) is 25.2 Å². The van der Waals surface area contributed by atoms with E-state index in [4.69, 9.17) is 0 Å². The summed E-state index contributed by atoms with van der Waals surface area (Å²) >= 11 is 0. The average Bonchev–Trinajstić information content (AvgIpc) is 2.90. The number of fused-ring (bicyclic) bond motifs is 1. The van der Waals surface area contributed by atoms with Gasteiger partial charge in [-0.2, -0.15) is 0 Å². The lowest BCUT2D eigenvalue weighted by Crippen LogP contribution is -2.15. The van der Waals surface area contributed by atoms with Crippen molar-refractivity contribution in [2.24, 2.45) is 0 Å². The maximum Gasteiger partial charge on any atom is 0.196 e. The summed E-state index contributed by atoms with van der Waals surface area (Å²) < 4.78 is 40.8. The fourth-order valence-electron chi connectivity index (χ4n) is 2.88. The first-order valence-electron chi connectivity index (χ1n) is 8.06. The molecule has 0 radical (unpaired) electrons. The second-order valence-electron chi connectivity index (χ2n) is 6.40. The van der Waals surface area contributed by atoms with Gasteiger partial charge in [0.1, 0.15) is 11.7 Å². The van der Waals surface area contributed by atoms with Crippen LogP contribution in [0.1, 0.15) is 5.56 Å². The molecule has 0 saturated carbocycles. The molecule has 0 bridgehead atoms. The molecule has 4 nitrogen and oxygen atoms in total. The number of nitrogens with zero attached hydrogens (tertiary/aromatic N) is 2. The third kappa shape index (κ3) is 3.91. The zero-order valence-electron chi connectivity index (χ0n) is 14.3. The van der Waals surface area contributed by atoms with E-state index in [0.29, 0.717) is 0 Å². The van der Waals surface area contributed by atoms with E-state index in [2.05, 4.69) is 0 Å². The maximum absolute atomic E-state index is 13.7. The van der Waals surface area contributed by atoms with Crippen LogP contribution in [0.25, 0.3) is 10.9 Å². The molecule has 0 aliphatic rings. The number of aromatic nitrogens is 1. The molecule has 3 aromatic rings. The quantitative estimate of drug-likeness (QED) is 0.677. The molecule has 25 heavy (non-hydrogen) atoms. The Bertz CT molecular complexity index is 979. The van der Waals surface area contributed by atoms with Gasteiger partial charge in [0.2, 0.25) is 0 Å². The van der Waals surface area contributed by atoms with E-state index in [9.17, 15) is 12.8 Å². The van der Waals surface area contributed by atoms with Crippen LogP contribution in [0.2, 0.25) is 0 Å². The summed E-state index contributed by atoms with van der Waals surface area (Å²) in [6.45, 7) is 0.807. The summed E-state index contributed by atoms with van der Waals surface area (Å²) in [6.07, 6.45) is 2.55. The standard InChI is InChI=1S/C19H21FN2O2S/c1-21(2)11-10-15-13-22(19-9-8-16(20)12-18(15)19)14-25(23,24)17-6-4-3-5-7-17/h3-9,12-13H,10-11,14H2,1-2H3. The number of rotatable bonds is 6. The minimum absolute atomic E-state index is 0.166. The minimum atomic E-state index is -3.47. The first kappa shape index (κ1) is 17.6. The Balaban J connectivity index is 2.01. The molecule has 0 spiro atoms. The van der Waals surface area contributed by atoms with Gasteiger partial charge in [0, 0.05) is 23.6 Å². The lowest BCUT2D eigenvalue weighted by Gasteiger charge is -2.08. The minimum Gasteiger partial charge on any atom is -0.332 e. The van der Waals surface area contributed by atoms with Crippen molar-refractivity contribution in [3.63, 3.8) is 0 Å². The van der Waals surface area contributed by atoms with E-state index in [-0.39, 0.29) is 16.6 Å². The highest BCUT2D eigenvalue weighted by Crippen LogP contribution is 2.25. The number of halogens is 1. The Kier molecular flexibility index (Phi) is 4.92. The third-order valence-electron chi connectivity index (χ3n) is 4.17. The molecule has 6 heteroatoms. The molecule has 0 aliphatic carbocycles. The van der Waals surface area contributed by atoms with Crippen LogP contribution in [0.5, 0.6) is 0 Å². The second-order valence-corrected chi connectivity index (χ2v) is 8.35. The Hall–Kier alpha value is -2.18. The van der Waals surface area contributed by atoms with E-state index in [1.54, 1.807) is 41.0 Å². The largest absolute Gasteiger partial charge is 0.332 e. The molecular formula is C19H21FN2O2S. The molecule has 132 valence electrons. The smallest absolute Gasteiger partial charge is 0.196 e. The third-order valence-corrected chi connectivity index (χ3v) is 5.77. The highest BCUT2D eigenvalue weighted by Gasteiger charge is 2.18. The molecule has 2 aromatic carbocycles. The topological polar surface area (TPSA) is 42.3 Å². The highest BCUT2D eigenvalue weighted by molar-refractivity contribution is 7.90. The lowest BCUT2D eigenvalue weighted by molar-refractivity contribution is 0.414. The molecule has 1 heterocycles. The van der Waals surface area contributed by atoms with Crippen molar-refractivity contribution in [3.8, 4) is 0 Å². The molecule has 0 unspecified atom stereocenters. The van der Waals surface area contributed by atoms with Crippen molar-refractivity contribution in [1.29, 1.82) is 0 Å². The number of likely N-dealkylation sites (N-methyl/N-ethyl adjacent to an activating group) is 1. The van der Waals surface area contributed by atoms with Crippen molar-refractivity contribution in [2.75, 3.05) is 20.6 Å². The summed E-state index contributed by atoms with van der Waals surface area (Å²) in [4.78, 5) is 2.33. The molecule has 0 fully saturated rings. The molecule has 0 atom stereocenters.